The number of rotatable bonds is 6. The van der Waals surface area contributed by atoms with Crippen molar-refractivity contribution in [3.63, 3.8) is 0 Å². The number of urea groups is 1. The summed E-state index contributed by atoms with van der Waals surface area (Å²) in [5.41, 5.74) is 2.99. The molecule has 7 heteroatoms. The Morgan fingerprint density at radius 1 is 0.575 bits per heavy atom. The molecule has 0 spiro atoms. The molecule has 0 aromatic heterocycles. The number of phenolic OH excluding ortho intramolecular Hbond substituents is 2. The minimum atomic E-state index is -0.188. The van der Waals surface area contributed by atoms with Crippen LogP contribution in [0.1, 0.15) is 105 Å². The van der Waals surface area contributed by atoms with Gasteiger partial charge in [-0.25, -0.2) is 4.79 Å². The Balaban J connectivity index is 1.73. The number of phenols is 2. The summed E-state index contributed by atoms with van der Waals surface area (Å²) in [5, 5.41) is 22.1. The number of amides is 2. The molecule has 0 radical (unpaired) electrons. The maximum absolute atomic E-state index is 13.3. The predicted molar refractivity (Wildman–Crippen MR) is 171 cm³/mol. The Labute approximate surface area is 251 Å². The number of thioether (sulfide) groups is 2. The first-order valence-electron chi connectivity index (χ1n) is 14.2. The zero-order chi connectivity index (χ0) is 30.4. The second-order valence-electron chi connectivity index (χ2n) is 15.1. The van der Waals surface area contributed by atoms with Gasteiger partial charge in [0.25, 0.3) is 0 Å². The molecule has 2 N–H and O–H groups in total. The summed E-state index contributed by atoms with van der Waals surface area (Å²) in [4.78, 5) is 19.3. The molecule has 0 unspecified atom stereocenters. The highest BCUT2D eigenvalue weighted by Crippen LogP contribution is 2.43. The maximum Gasteiger partial charge on any atom is 0.321 e. The minimum Gasteiger partial charge on any atom is -0.507 e. The number of benzene rings is 2. The van der Waals surface area contributed by atoms with Crippen LogP contribution in [-0.4, -0.2) is 50.9 Å². The Hall–Kier alpha value is -1.99. The molecule has 0 bridgehead atoms. The van der Waals surface area contributed by atoms with Crippen molar-refractivity contribution in [2.45, 2.75) is 115 Å². The van der Waals surface area contributed by atoms with Gasteiger partial charge in [-0.15, -0.1) is 23.5 Å². The average molecular weight is 587 g/mol. The van der Waals surface area contributed by atoms with Crippen molar-refractivity contribution in [3.05, 3.63) is 46.5 Å². The highest BCUT2D eigenvalue weighted by Gasteiger charge is 2.31. The number of nitrogens with zero attached hydrogens (tertiary/aromatic N) is 2. The third-order valence-corrected chi connectivity index (χ3v) is 9.37. The van der Waals surface area contributed by atoms with Crippen LogP contribution < -0.4 is 0 Å². The molecule has 0 atom stereocenters. The van der Waals surface area contributed by atoms with E-state index >= 15 is 0 Å². The van der Waals surface area contributed by atoms with Gasteiger partial charge in [0.2, 0.25) is 0 Å². The Morgan fingerprint density at radius 2 is 0.825 bits per heavy atom. The van der Waals surface area contributed by atoms with Crippen LogP contribution in [0, 0.1) is 0 Å². The second kappa shape index (κ2) is 11.4. The Bertz CT molecular complexity index is 1080. The van der Waals surface area contributed by atoms with E-state index in [1.54, 1.807) is 23.5 Å². The molecule has 1 aliphatic heterocycles. The predicted octanol–water partition coefficient (Wildman–Crippen LogP) is 8.82. The lowest BCUT2D eigenvalue weighted by atomic mass is 9.79. The summed E-state index contributed by atoms with van der Waals surface area (Å²) in [5.74, 6) is 1.89. The van der Waals surface area contributed by atoms with Crippen molar-refractivity contribution < 1.29 is 15.0 Å². The van der Waals surface area contributed by atoms with E-state index in [9.17, 15) is 15.0 Å². The van der Waals surface area contributed by atoms with E-state index in [4.69, 9.17) is 0 Å². The van der Waals surface area contributed by atoms with Gasteiger partial charge in [-0.05, 0) is 45.9 Å². The van der Waals surface area contributed by atoms with Gasteiger partial charge in [-0.3, -0.25) is 0 Å². The molecule has 5 nitrogen and oxygen atoms in total. The van der Waals surface area contributed by atoms with Gasteiger partial charge in [0.15, 0.2) is 0 Å². The SMILES string of the molecule is CC(C)(C)c1cc(SCN2CCN(CSc3cc(C(C)(C)C)c(O)c(C(C)(C)C)c3)C2=O)cc(C(C)(C)C)c1O. The molecule has 3 rings (SSSR count). The fraction of sp³-hybridized carbons (Fsp3) is 0.606. The van der Waals surface area contributed by atoms with Crippen LogP contribution in [0.2, 0.25) is 0 Å². The first kappa shape index (κ1) is 32.5. The lowest BCUT2D eigenvalue weighted by Gasteiger charge is -2.28. The zero-order valence-corrected chi connectivity index (χ0v) is 28.3. The summed E-state index contributed by atoms with van der Waals surface area (Å²) < 4.78 is 0. The topological polar surface area (TPSA) is 64.0 Å². The van der Waals surface area contributed by atoms with E-state index in [1.807, 2.05) is 9.80 Å². The Morgan fingerprint density at radius 3 is 1.05 bits per heavy atom. The number of carbonyl (C=O) groups excluding carboxylic acids is 1. The number of carbonyl (C=O) groups is 1. The quantitative estimate of drug-likeness (QED) is 0.331. The van der Waals surface area contributed by atoms with E-state index in [0.29, 0.717) is 36.3 Å². The second-order valence-corrected chi connectivity index (χ2v) is 17.1. The first-order chi connectivity index (χ1) is 18.1. The standard InChI is InChI=1S/C33H50N2O3S2/c1-30(2,3)23-15-21(16-24(27(23)36)31(4,5)6)39-19-34-13-14-35(29(34)38)20-40-22-17-25(32(7,8)9)28(37)26(18-22)33(10,11)12/h15-18,36-37H,13-14,19-20H2,1-12H3. The smallest absolute Gasteiger partial charge is 0.321 e. The van der Waals surface area contributed by atoms with Gasteiger partial charge in [-0.2, -0.15) is 0 Å². The molecular weight excluding hydrogens is 537 g/mol. The fourth-order valence-corrected chi connectivity index (χ4v) is 6.74. The summed E-state index contributed by atoms with van der Waals surface area (Å²) in [6, 6.07) is 8.36. The van der Waals surface area contributed by atoms with Crippen LogP contribution in [0.25, 0.3) is 0 Å². The summed E-state index contributed by atoms with van der Waals surface area (Å²) >= 11 is 3.30. The zero-order valence-electron chi connectivity index (χ0n) is 26.7. The molecule has 2 amide bonds. The molecule has 2 aromatic carbocycles. The van der Waals surface area contributed by atoms with Crippen LogP contribution in [-0.2, 0) is 21.7 Å². The third-order valence-electron chi connectivity index (χ3n) is 7.35. The van der Waals surface area contributed by atoms with Gasteiger partial charge < -0.3 is 20.0 Å². The minimum absolute atomic E-state index is 0.0525. The fourth-order valence-electron chi connectivity index (χ4n) is 4.85. The molecule has 1 aliphatic rings. The van der Waals surface area contributed by atoms with E-state index in [1.165, 1.54) is 0 Å². The molecule has 0 aliphatic carbocycles. The monoisotopic (exact) mass is 586 g/mol. The van der Waals surface area contributed by atoms with Crippen molar-refractivity contribution in [1.82, 2.24) is 9.80 Å². The van der Waals surface area contributed by atoms with Gasteiger partial charge in [0, 0.05) is 45.1 Å². The van der Waals surface area contributed by atoms with Crippen LogP contribution in [0.3, 0.4) is 0 Å². The lowest BCUT2D eigenvalue weighted by Crippen LogP contribution is -2.31. The first-order valence-corrected chi connectivity index (χ1v) is 16.1. The van der Waals surface area contributed by atoms with Crippen LogP contribution >= 0.6 is 23.5 Å². The molecular formula is C33H50N2O3S2. The summed E-state index contributed by atoms with van der Waals surface area (Å²) in [6.07, 6.45) is 0. The maximum atomic E-state index is 13.3. The van der Waals surface area contributed by atoms with Gasteiger partial charge in [0.1, 0.15) is 11.5 Å². The van der Waals surface area contributed by atoms with Crippen LogP contribution in [0.15, 0.2) is 34.1 Å². The van der Waals surface area contributed by atoms with Gasteiger partial charge in [-0.1, -0.05) is 83.1 Å². The normalized spacial score (nSPS) is 15.3. The van der Waals surface area contributed by atoms with Gasteiger partial charge in [0.05, 0.1) is 11.8 Å². The third kappa shape index (κ3) is 7.44. The summed E-state index contributed by atoms with van der Waals surface area (Å²) in [7, 11) is 0. The summed E-state index contributed by atoms with van der Waals surface area (Å²) in [6.45, 7) is 26.8. The van der Waals surface area contributed by atoms with Crippen molar-refractivity contribution >= 4 is 29.6 Å². The van der Waals surface area contributed by atoms with Crippen LogP contribution in [0.4, 0.5) is 4.79 Å². The van der Waals surface area contributed by atoms with E-state index in [0.717, 1.165) is 32.0 Å². The van der Waals surface area contributed by atoms with Crippen molar-refractivity contribution in [2.75, 3.05) is 24.8 Å². The van der Waals surface area contributed by atoms with Gasteiger partial charge >= 0.3 is 6.03 Å². The molecule has 2 aromatic rings. The highest BCUT2D eigenvalue weighted by atomic mass is 32.2. The van der Waals surface area contributed by atoms with E-state index in [2.05, 4.69) is 107 Å². The molecule has 40 heavy (non-hydrogen) atoms. The number of hydrogen-bond donors (Lipinski definition) is 2. The lowest BCUT2D eigenvalue weighted by molar-refractivity contribution is 0.203. The molecule has 1 heterocycles. The largest absolute Gasteiger partial charge is 0.507 e. The van der Waals surface area contributed by atoms with Crippen molar-refractivity contribution in [3.8, 4) is 11.5 Å². The molecule has 222 valence electrons. The molecule has 0 saturated carbocycles. The van der Waals surface area contributed by atoms with Crippen LogP contribution in [0.5, 0.6) is 11.5 Å². The van der Waals surface area contributed by atoms with E-state index in [-0.39, 0.29) is 27.7 Å². The van der Waals surface area contributed by atoms with E-state index < -0.39 is 0 Å². The molecule has 1 fully saturated rings. The molecule has 1 saturated heterocycles. The number of hydrogen-bond acceptors (Lipinski definition) is 5. The van der Waals surface area contributed by atoms with Crippen molar-refractivity contribution in [1.29, 1.82) is 0 Å². The average Bonchev–Trinajstić information content (AvgIpc) is 3.13. The number of aromatic hydroxyl groups is 2. The van der Waals surface area contributed by atoms with Crippen molar-refractivity contribution in [2.24, 2.45) is 0 Å². The Kier molecular flexibility index (Phi) is 9.23. The highest BCUT2D eigenvalue weighted by molar-refractivity contribution is 7.99.